The standard InChI is InChI=1S/C17H12N4/c1-2-4-12(5-3-1)20-17-14-7-9-18-10-15(14)13-6-8-19-11-16(13)21-17/h1-11H,(H,20,21). The van der Waals surface area contributed by atoms with Crippen LogP contribution < -0.4 is 5.32 Å². The van der Waals surface area contributed by atoms with Gasteiger partial charge in [0.05, 0.1) is 11.7 Å². The molecule has 0 fully saturated rings. The molecule has 100 valence electrons. The van der Waals surface area contributed by atoms with Crippen LogP contribution in [0.1, 0.15) is 0 Å². The fraction of sp³-hybridized carbons (Fsp3) is 0. The van der Waals surface area contributed by atoms with Gasteiger partial charge in [-0.15, -0.1) is 0 Å². The number of rotatable bonds is 2. The Kier molecular flexibility index (Phi) is 2.71. The van der Waals surface area contributed by atoms with Crippen LogP contribution in [0.25, 0.3) is 21.7 Å². The van der Waals surface area contributed by atoms with Gasteiger partial charge in [0.15, 0.2) is 0 Å². The van der Waals surface area contributed by atoms with Crippen molar-refractivity contribution in [2.24, 2.45) is 0 Å². The van der Waals surface area contributed by atoms with E-state index >= 15 is 0 Å². The molecule has 0 spiro atoms. The van der Waals surface area contributed by atoms with Crippen molar-refractivity contribution in [3.05, 3.63) is 67.3 Å². The Bertz CT molecular complexity index is 919. The first-order valence-electron chi connectivity index (χ1n) is 6.71. The van der Waals surface area contributed by atoms with Gasteiger partial charge in [0.25, 0.3) is 0 Å². The zero-order valence-corrected chi connectivity index (χ0v) is 11.2. The highest BCUT2D eigenvalue weighted by Gasteiger charge is 2.08. The molecule has 0 amide bonds. The molecule has 0 aliphatic rings. The monoisotopic (exact) mass is 272 g/mol. The van der Waals surface area contributed by atoms with Gasteiger partial charge in [-0.25, -0.2) is 4.98 Å². The molecule has 0 radical (unpaired) electrons. The fourth-order valence-corrected chi connectivity index (χ4v) is 2.45. The van der Waals surface area contributed by atoms with E-state index in [9.17, 15) is 0 Å². The number of anilines is 2. The van der Waals surface area contributed by atoms with E-state index in [0.717, 1.165) is 33.2 Å². The molecule has 4 rings (SSSR count). The number of pyridine rings is 3. The second-order valence-corrected chi connectivity index (χ2v) is 4.77. The molecule has 0 saturated carbocycles. The Labute approximate surface area is 121 Å². The van der Waals surface area contributed by atoms with Crippen molar-refractivity contribution in [2.45, 2.75) is 0 Å². The molecular formula is C17H12N4. The Morgan fingerprint density at radius 1 is 0.714 bits per heavy atom. The van der Waals surface area contributed by atoms with Crippen molar-refractivity contribution in [2.75, 3.05) is 5.32 Å². The second-order valence-electron chi connectivity index (χ2n) is 4.77. The highest BCUT2D eigenvalue weighted by Crippen LogP contribution is 2.29. The summed E-state index contributed by atoms with van der Waals surface area (Å²) in [6.07, 6.45) is 7.21. The van der Waals surface area contributed by atoms with Crippen LogP contribution >= 0.6 is 0 Å². The van der Waals surface area contributed by atoms with Crippen LogP contribution in [0.15, 0.2) is 67.3 Å². The lowest BCUT2D eigenvalue weighted by molar-refractivity contribution is 1.30. The molecule has 0 bridgehead atoms. The minimum Gasteiger partial charge on any atom is -0.340 e. The van der Waals surface area contributed by atoms with Crippen LogP contribution in [-0.4, -0.2) is 15.0 Å². The van der Waals surface area contributed by atoms with Crippen LogP contribution in [0, 0.1) is 0 Å². The number of nitrogens with zero attached hydrogens (tertiary/aromatic N) is 3. The van der Waals surface area contributed by atoms with Gasteiger partial charge in [-0.05, 0) is 24.3 Å². The van der Waals surface area contributed by atoms with Gasteiger partial charge in [0.2, 0.25) is 0 Å². The van der Waals surface area contributed by atoms with Crippen molar-refractivity contribution in [3.8, 4) is 0 Å². The van der Waals surface area contributed by atoms with Crippen molar-refractivity contribution < 1.29 is 0 Å². The van der Waals surface area contributed by atoms with E-state index in [1.54, 1.807) is 18.6 Å². The third kappa shape index (κ3) is 2.07. The van der Waals surface area contributed by atoms with Crippen LogP contribution in [0.2, 0.25) is 0 Å². The van der Waals surface area contributed by atoms with Crippen molar-refractivity contribution >= 4 is 33.2 Å². The number of aromatic nitrogens is 3. The summed E-state index contributed by atoms with van der Waals surface area (Å²) in [6.45, 7) is 0. The Hall–Kier alpha value is -3.01. The van der Waals surface area contributed by atoms with Gasteiger partial charge in [0, 0.05) is 40.4 Å². The molecule has 4 heteroatoms. The van der Waals surface area contributed by atoms with E-state index in [4.69, 9.17) is 4.98 Å². The maximum absolute atomic E-state index is 4.70. The van der Waals surface area contributed by atoms with E-state index in [1.165, 1.54) is 0 Å². The van der Waals surface area contributed by atoms with E-state index in [0.29, 0.717) is 0 Å². The summed E-state index contributed by atoms with van der Waals surface area (Å²) in [4.78, 5) is 13.1. The number of benzene rings is 1. The van der Waals surface area contributed by atoms with E-state index in [1.807, 2.05) is 48.7 Å². The minimum atomic E-state index is 0.819. The molecule has 3 heterocycles. The summed E-state index contributed by atoms with van der Waals surface area (Å²) >= 11 is 0. The highest BCUT2D eigenvalue weighted by atomic mass is 15.0. The Morgan fingerprint density at radius 2 is 1.48 bits per heavy atom. The van der Waals surface area contributed by atoms with Crippen LogP contribution in [0.3, 0.4) is 0 Å². The highest BCUT2D eigenvalue weighted by molar-refractivity contribution is 6.09. The van der Waals surface area contributed by atoms with Gasteiger partial charge in [-0.2, -0.15) is 0 Å². The van der Waals surface area contributed by atoms with Crippen molar-refractivity contribution in [1.82, 2.24) is 15.0 Å². The van der Waals surface area contributed by atoms with Crippen LogP contribution in [0.4, 0.5) is 11.5 Å². The molecule has 0 aliphatic heterocycles. The molecule has 4 nitrogen and oxygen atoms in total. The predicted molar refractivity (Wildman–Crippen MR) is 84.6 cm³/mol. The summed E-state index contributed by atoms with van der Waals surface area (Å²) in [5.74, 6) is 0.819. The third-order valence-corrected chi connectivity index (χ3v) is 3.44. The largest absolute Gasteiger partial charge is 0.340 e. The molecule has 1 N–H and O–H groups in total. The number of hydrogen-bond donors (Lipinski definition) is 1. The van der Waals surface area contributed by atoms with E-state index in [-0.39, 0.29) is 0 Å². The normalized spacial score (nSPS) is 10.9. The molecular weight excluding hydrogens is 260 g/mol. The van der Waals surface area contributed by atoms with Crippen molar-refractivity contribution in [1.29, 1.82) is 0 Å². The molecule has 0 aliphatic carbocycles. The minimum absolute atomic E-state index is 0.819. The molecule has 0 unspecified atom stereocenters. The van der Waals surface area contributed by atoms with Gasteiger partial charge < -0.3 is 5.32 Å². The zero-order chi connectivity index (χ0) is 14.1. The van der Waals surface area contributed by atoms with Crippen LogP contribution in [0.5, 0.6) is 0 Å². The number of para-hydroxylation sites is 1. The quantitative estimate of drug-likeness (QED) is 0.562. The van der Waals surface area contributed by atoms with Gasteiger partial charge in [0.1, 0.15) is 5.82 Å². The molecule has 3 aromatic heterocycles. The summed E-state index contributed by atoms with van der Waals surface area (Å²) in [7, 11) is 0. The Balaban J connectivity index is 1.98. The zero-order valence-electron chi connectivity index (χ0n) is 11.2. The smallest absolute Gasteiger partial charge is 0.139 e. The molecule has 21 heavy (non-hydrogen) atoms. The topological polar surface area (TPSA) is 50.7 Å². The molecule has 4 aromatic rings. The second kappa shape index (κ2) is 4.83. The first kappa shape index (κ1) is 11.8. The lowest BCUT2D eigenvalue weighted by Crippen LogP contribution is -1.96. The first-order chi connectivity index (χ1) is 10.4. The van der Waals surface area contributed by atoms with Gasteiger partial charge >= 0.3 is 0 Å². The van der Waals surface area contributed by atoms with Crippen LogP contribution in [-0.2, 0) is 0 Å². The maximum atomic E-state index is 4.70. The third-order valence-electron chi connectivity index (χ3n) is 3.44. The summed E-state index contributed by atoms with van der Waals surface area (Å²) in [5, 5.41) is 6.56. The average molecular weight is 272 g/mol. The number of fused-ring (bicyclic) bond motifs is 3. The molecule has 0 atom stereocenters. The molecule has 0 saturated heterocycles. The van der Waals surface area contributed by atoms with E-state index < -0.39 is 0 Å². The lowest BCUT2D eigenvalue weighted by atomic mass is 10.1. The predicted octanol–water partition coefficient (Wildman–Crippen LogP) is 3.92. The fourth-order valence-electron chi connectivity index (χ4n) is 2.45. The number of nitrogens with one attached hydrogen (secondary N) is 1. The average Bonchev–Trinajstić information content (AvgIpc) is 2.56. The summed E-state index contributed by atoms with van der Waals surface area (Å²) in [5.41, 5.74) is 1.86. The van der Waals surface area contributed by atoms with Crippen molar-refractivity contribution in [3.63, 3.8) is 0 Å². The maximum Gasteiger partial charge on any atom is 0.139 e. The summed E-state index contributed by atoms with van der Waals surface area (Å²) < 4.78 is 0. The number of hydrogen-bond acceptors (Lipinski definition) is 4. The SMILES string of the molecule is c1ccc(Nc2nc3cnccc3c3cnccc23)cc1. The van der Waals surface area contributed by atoms with Gasteiger partial charge in [-0.3, -0.25) is 9.97 Å². The lowest BCUT2D eigenvalue weighted by Gasteiger charge is -2.11. The van der Waals surface area contributed by atoms with Gasteiger partial charge in [-0.1, -0.05) is 18.2 Å². The molecule has 1 aromatic carbocycles. The first-order valence-corrected chi connectivity index (χ1v) is 6.71. The Morgan fingerprint density at radius 3 is 2.33 bits per heavy atom. The summed E-state index contributed by atoms with van der Waals surface area (Å²) in [6, 6.07) is 14.0. The van der Waals surface area contributed by atoms with E-state index in [2.05, 4.69) is 15.3 Å².